The molecule has 0 aliphatic heterocycles. The fourth-order valence-corrected chi connectivity index (χ4v) is 3.39. The molecular formula is C17H20BrFN2OS. The second-order valence-electron chi connectivity index (χ2n) is 6.26. The van der Waals surface area contributed by atoms with Crippen LogP contribution < -0.4 is 4.72 Å². The monoisotopic (exact) mass is 398 g/mol. The van der Waals surface area contributed by atoms with Gasteiger partial charge in [-0.2, -0.15) is 0 Å². The molecule has 6 heteroatoms. The van der Waals surface area contributed by atoms with E-state index in [0.717, 1.165) is 15.7 Å². The third-order valence-corrected chi connectivity index (χ3v) is 5.53. The third-order valence-electron chi connectivity index (χ3n) is 3.25. The Labute approximate surface area is 148 Å². The van der Waals surface area contributed by atoms with Crippen molar-refractivity contribution in [1.29, 1.82) is 0 Å². The zero-order chi connectivity index (χ0) is 17.0. The van der Waals surface area contributed by atoms with Gasteiger partial charge in [0.05, 0.1) is 11.7 Å². The minimum Gasteiger partial charge on any atom is -0.598 e. The molecule has 3 nitrogen and oxygen atoms in total. The lowest BCUT2D eigenvalue weighted by atomic mass is 10.0. The highest BCUT2D eigenvalue weighted by molar-refractivity contribution is 9.10. The van der Waals surface area contributed by atoms with E-state index in [-0.39, 0.29) is 11.9 Å². The van der Waals surface area contributed by atoms with E-state index in [2.05, 4.69) is 25.6 Å². The van der Waals surface area contributed by atoms with E-state index in [1.807, 2.05) is 39.0 Å². The second-order valence-corrected chi connectivity index (χ2v) is 9.11. The summed E-state index contributed by atoms with van der Waals surface area (Å²) in [6.07, 6.45) is 2.19. The van der Waals surface area contributed by atoms with Crippen LogP contribution in [0, 0.1) is 5.82 Å². The van der Waals surface area contributed by atoms with Gasteiger partial charge in [0.1, 0.15) is 10.6 Å². The van der Waals surface area contributed by atoms with Crippen molar-refractivity contribution >= 4 is 27.3 Å². The lowest BCUT2D eigenvalue weighted by molar-refractivity contribution is 0.517. The second kappa shape index (κ2) is 7.75. The average Bonchev–Trinajstić information content (AvgIpc) is 2.46. The van der Waals surface area contributed by atoms with Gasteiger partial charge in [0.15, 0.2) is 0 Å². The maximum atomic E-state index is 13.4. The largest absolute Gasteiger partial charge is 0.598 e. The summed E-state index contributed by atoms with van der Waals surface area (Å²) in [7, 11) is 0. The molecule has 0 saturated carbocycles. The van der Waals surface area contributed by atoms with Gasteiger partial charge >= 0.3 is 0 Å². The Balaban J connectivity index is 2.30. The molecule has 23 heavy (non-hydrogen) atoms. The lowest BCUT2D eigenvalue weighted by Crippen LogP contribution is -2.42. The molecule has 0 amide bonds. The maximum Gasteiger partial charge on any atom is 0.136 e. The van der Waals surface area contributed by atoms with Crippen LogP contribution >= 0.6 is 15.9 Å². The van der Waals surface area contributed by atoms with Gasteiger partial charge in [-0.15, -0.1) is 4.72 Å². The number of nitrogens with zero attached hydrogens (tertiary/aromatic N) is 1. The Kier molecular flexibility index (Phi) is 6.19. The Morgan fingerprint density at radius 1 is 1.30 bits per heavy atom. The van der Waals surface area contributed by atoms with E-state index >= 15 is 0 Å². The standard InChI is InChI=1S/C17H20BrFN2OS/c1-17(2,3)23(22)21-15(16-14(18)8-5-9-20-16)11-12-6-4-7-13(19)10-12/h4-10,15,21H,11H2,1-3H3/t15-,23-/m0/s1. The first-order valence-electron chi connectivity index (χ1n) is 7.30. The van der Waals surface area contributed by atoms with E-state index < -0.39 is 16.1 Å². The molecule has 2 rings (SSSR count). The summed E-state index contributed by atoms with van der Waals surface area (Å²) in [4.78, 5) is 4.39. The van der Waals surface area contributed by atoms with Crippen molar-refractivity contribution in [2.75, 3.05) is 0 Å². The van der Waals surface area contributed by atoms with Crippen molar-refractivity contribution in [3.8, 4) is 0 Å². The van der Waals surface area contributed by atoms with Gasteiger partial charge in [0.25, 0.3) is 0 Å². The minimum absolute atomic E-state index is 0.279. The fourth-order valence-electron chi connectivity index (χ4n) is 2.05. The molecular weight excluding hydrogens is 379 g/mol. The van der Waals surface area contributed by atoms with Crippen molar-refractivity contribution in [1.82, 2.24) is 9.71 Å². The molecule has 2 atom stereocenters. The van der Waals surface area contributed by atoms with Crippen molar-refractivity contribution in [3.63, 3.8) is 0 Å². The molecule has 0 aliphatic carbocycles. The summed E-state index contributed by atoms with van der Waals surface area (Å²) in [6, 6.07) is 9.87. The van der Waals surface area contributed by atoms with Crippen LogP contribution in [0.5, 0.6) is 0 Å². The summed E-state index contributed by atoms with van der Waals surface area (Å²) in [5, 5.41) is 0. The molecule has 0 saturated heterocycles. The van der Waals surface area contributed by atoms with E-state index in [0.29, 0.717) is 6.42 Å². The van der Waals surface area contributed by atoms with Crippen molar-refractivity contribution < 1.29 is 8.94 Å². The minimum atomic E-state index is -1.26. The Bertz CT molecular complexity index is 663. The Hall–Kier alpha value is -0.950. The van der Waals surface area contributed by atoms with Gasteiger partial charge < -0.3 is 4.55 Å². The number of aromatic nitrogens is 1. The summed E-state index contributed by atoms with van der Waals surface area (Å²) in [6.45, 7) is 5.72. The van der Waals surface area contributed by atoms with Crippen LogP contribution in [0.1, 0.15) is 38.1 Å². The van der Waals surface area contributed by atoms with Crippen LogP contribution in [0.3, 0.4) is 0 Å². The molecule has 1 N–H and O–H groups in total. The average molecular weight is 399 g/mol. The summed E-state index contributed by atoms with van der Waals surface area (Å²) in [5.74, 6) is -0.279. The maximum absolute atomic E-state index is 13.4. The summed E-state index contributed by atoms with van der Waals surface area (Å²) >= 11 is 2.23. The predicted octanol–water partition coefficient (Wildman–Crippen LogP) is 4.32. The number of hydrogen-bond donors (Lipinski definition) is 1. The zero-order valence-corrected chi connectivity index (χ0v) is 15.7. The topological polar surface area (TPSA) is 48.0 Å². The highest BCUT2D eigenvalue weighted by atomic mass is 79.9. The molecule has 0 radical (unpaired) electrons. The van der Waals surface area contributed by atoms with Crippen LogP contribution in [0.15, 0.2) is 47.1 Å². The normalized spacial score (nSPS) is 14.5. The fraction of sp³-hybridized carbons (Fsp3) is 0.353. The van der Waals surface area contributed by atoms with E-state index in [1.54, 1.807) is 12.3 Å². The third kappa shape index (κ3) is 5.28. The molecule has 1 heterocycles. The predicted molar refractivity (Wildman–Crippen MR) is 95.8 cm³/mol. The SMILES string of the molecule is CC(C)(C)[S@+]([O-])N[C@@H](Cc1cccc(F)c1)c1ncccc1Br. The highest BCUT2D eigenvalue weighted by Gasteiger charge is 2.31. The van der Waals surface area contributed by atoms with Crippen molar-refractivity contribution in [2.45, 2.75) is 38.0 Å². The number of benzene rings is 1. The van der Waals surface area contributed by atoms with Gasteiger partial charge in [-0.1, -0.05) is 12.1 Å². The Morgan fingerprint density at radius 3 is 2.65 bits per heavy atom. The van der Waals surface area contributed by atoms with Crippen LogP contribution in [0.25, 0.3) is 0 Å². The first-order valence-corrected chi connectivity index (χ1v) is 9.24. The molecule has 1 aromatic carbocycles. The van der Waals surface area contributed by atoms with Gasteiger partial charge in [0, 0.05) is 22.0 Å². The molecule has 0 spiro atoms. The van der Waals surface area contributed by atoms with Crippen molar-refractivity contribution in [2.24, 2.45) is 0 Å². The van der Waals surface area contributed by atoms with E-state index in [1.165, 1.54) is 12.1 Å². The number of rotatable bonds is 5. The summed E-state index contributed by atoms with van der Waals surface area (Å²) < 4.78 is 29.5. The molecule has 0 fully saturated rings. The van der Waals surface area contributed by atoms with Gasteiger partial charge in [-0.25, -0.2) is 4.39 Å². The first-order chi connectivity index (χ1) is 10.8. The first kappa shape index (κ1) is 18.4. The quantitative estimate of drug-likeness (QED) is 0.762. The molecule has 124 valence electrons. The zero-order valence-electron chi connectivity index (χ0n) is 13.3. The van der Waals surface area contributed by atoms with E-state index in [9.17, 15) is 8.94 Å². The highest BCUT2D eigenvalue weighted by Crippen LogP contribution is 2.27. The molecule has 0 bridgehead atoms. The lowest BCUT2D eigenvalue weighted by Gasteiger charge is -2.28. The van der Waals surface area contributed by atoms with Crippen LogP contribution in [-0.2, 0) is 17.8 Å². The number of hydrogen-bond acceptors (Lipinski definition) is 3. The summed E-state index contributed by atoms with van der Waals surface area (Å²) in [5.41, 5.74) is 1.58. The van der Waals surface area contributed by atoms with Gasteiger partial charge in [0.2, 0.25) is 0 Å². The number of halogens is 2. The number of nitrogens with one attached hydrogen (secondary N) is 1. The molecule has 0 aliphatic rings. The van der Waals surface area contributed by atoms with Crippen LogP contribution in [-0.4, -0.2) is 14.3 Å². The molecule has 0 unspecified atom stereocenters. The van der Waals surface area contributed by atoms with Crippen LogP contribution in [0.2, 0.25) is 0 Å². The molecule has 2 aromatic rings. The Morgan fingerprint density at radius 2 is 2.04 bits per heavy atom. The van der Waals surface area contributed by atoms with E-state index in [4.69, 9.17) is 0 Å². The smallest absolute Gasteiger partial charge is 0.136 e. The van der Waals surface area contributed by atoms with Crippen molar-refractivity contribution in [3.05, 3.63) is 64.1 Å². The number of pyridine rings is 1. The van der Waals surface area contributed by atoms with Crippen LogP contribution in [0.4, 0.5) is 4.39 Å². The molecule has 1 aromatic heterocycles. The van der Waals surface area contributed by atoms with Gasteiger partial charge in [-0.3, -0.25) is 4.98 Å². The van der Waals surface area contributed by atoms with Gasteiger partial charge in [-0.05, 0) is 73.0 Å².